The molecule has 2 saturated heterocycles. The summed E-state index contributed by atoms with van der Waals surface area (Å²) in [6, 6.07) is 9.81. The Morgan fingerprint density at radius 2 is 1.88 bits per heavy atom. The van der Waals surface area contributed by atoms with Gasteiger partial charge in [0.1, 0.15) is 0 Å². The van der Waals surface area contributed by atoms with E-state index in [1.165, 1.54) is 0 Å². The van der Waals surface area contributed by atoms with Gasteiger partial charge in [0.2, 0.25) is 5.91 Å². The molecular formula is C18H25N3O3. The molecule has 0 aliphatic carbocycles. The molecule has 6 heteroatoms. The monoisotopic (exact) mass is 331 g/mol. The molecule has 0 aromatic heterocycles. The molecule has 0 spiro atoms. The Hall–Kier alpha value is -1.92. The van der Waals surface area contributed by atoms with Crippen molar-refractivity contribution in [1.82, 2.24) is 15.1 Å². The topological polar surface area (TPSA) is 61.9 Å². The smallest absolute Gasteiger partial charge is 0.259 e. The highest BCUT2D eigenvalue weighted by Gasteiger charge is 2.47. The van der Waals surface area contributed by atoms with E-state index in [1.54, 1.807) is 7.05 Å². The Labute approximate surface area is 142 Å². The SMILES string of the molecule is CNC(=O)CN1CCN(C(=O)C2(c3ccccc3)CCCO2)CC1. The fourth-order valence-electron chi connectivity index (χ4n) is 3.51. The standard InChI is InChI=1S/C18H25N3O3/c1-19-16(22)14-20-9-11-21(12-10-20)17(23)18(8-5-13-24-18)15-6-3-2-4-7-15/h2-4,6-7H,5,8-14H2,1H3,(H,19,22). The molecule has 0 bridgehead atoms. The van der Waals surface area contributed by atoms with E-state index < -0.39 is 5.60 Å². The van der Waals surface area contributed by atoms with Gasteiger partial charge in [-0.1, -0.05) is 30.3 Å². The van der Waals surface area contributed by atoms with Gasteiger partial charge in [-0.05, 0) is 18.4 Å². The van der Waals surface area contributed by atoms with Gasteiger partial charge in [0, 0.05) is 39.8 Å². The molecule has 2 fully saturated rings. The summed E-state index contributed by atoms with van der Waals surface area (Å²) >= 11 is 0. The van der Waals surface area contributed by atoms with Gasteiger partial charge in [0.05, 0.1) is 6.54 Å². The number of ether oxygens (including phenoxy) is 1. The highest BCUT2D eigenvalue weighted by molar-refractivity contribution is 5.87. The third-order valence-corrected chi connectivity index (χ3v) is 4.91. The summed E-state index contributed by atoms with van der Waals surface area (Å²) in [4.78, 5) is 28.7. The van der Waals surface area contributed by atoms with Crippen molar-refractivity contribution in [2.24, 2.45) is 0 Å². The second-order valence-electron chi connectivity index (χ2n) is 6.39. The molecular weight excluding hydrogens is 306 g/mol. The summed E-state index contributed by atoms with van der Waals surface area (Å²) in [6.45, 7) is 3.70. The van der Waals surface area contributed by atoms with Crippen LogP contribution in [0, 0.1) is 0 Å². The predicted octanol–water partition coefficient (Wildman–Crippen LogP) is 0.583. The molecule has 1 aromatic carbocycles. The lowest BCUT2D eigenvalue weighted by molar-refractivity contribution is -0.156. The van der Waals surface area contributed by atoms with E-state index in [0.717, 1.165) is 18.4 Å². The van der Waals surface area contributed by atoms with Gasteiger partial charge in [0.25, 0.3) is 5.91 Å². The van der Waals surface area contributed by atoms with Crippen LogP contribution < -0.4 is 5.32 Å². The predicted molar refractivity (Wildman–Crippen MR) is 90.4 cm³/mol. The Morgan fingerprint density at radius 1 is 1.17 bits per heavy atom. The van der Waals surface area contributed by atoms with Crippen LogP contribution in [0.25, 0.3) is 0 Å². The van der Waals surface area contributed by atoms with Crippen molar-refractivity contribution in [3.05, 3.63) is 35.9 Å². The number of carbonyl (C=O) groups excluding carboxylic acids is 2. The minimum Gasteiger partial charge on any atom is -0.360 e. The van der Waals surface area contributed by atoms with Gasteiger partial charge in [-0.3, -0.25) is 14.5 Å². The maximum atomic E-state index is 13.2. The average molecular weight is 331 g/mol. The molecule has 3 rings (SSSR count). The molecule has 1 N–H and O–H groups in total. The van der Waals surface area contributed by atoms with E-state index in [9.17, 15) is 9.59 Å². The molecule has 2 aliphatic heterocycles. The summed E-state index contributed by atoms with van der Waals surface area (Å²) < 4.78 is 5.98. The zero-order valence-electron chi connectivity index (χ0n) is 14.2. The largest absolute Gasteiger partial charge is 0.360 e. The van der Waals surface area contributed by atoms with Crippen molar-refractivity contribution in [2.75, 3.05) is 46.4 Å². The Morgan fingerprint density at radius 3 is 2.46 bits per heavy atom. The number of hydrogen-bond acceptors (Lipinski definition) is 4. The first-order chi connectivity index (χ1) is 11.7. The highest BCUT2D eigenvalue weighted by atomic mass is 16.5. The Balaban J connectivity index is 1.68. The van der Waals surface area contributed by atoms with Crippen LogP contribution in [0.15, 0.2) is 30.3 Å². The number of benzene rings is 1. The van der Waals surface area contributed by atoms with Crippen LogP contribution in [-0.4, -0.2) is 68.0 Å². The minimum atomic E-state index is -0.829. The van der Waals surface area contributed by atoms with E-state index in [0.29, 0.717) is 39.3 Å². The van der Waals surface area contributed by atoms with Gasteiger partial charge in [0.15, 0.2) is 5.60 Å². The fraction of sp³-hybridized carbons (Fsp3) is 0.556. The van der Waals surface area contributed by atoms with Gasteiger partial charge in [-0.25, -0.2) is 0 Å². The number of likely N-dealkylation sites (N-methyl/N-ethyl adjacent to an activating group) is 1. The lowest BCUT2D eigenvalue weighted by Gasteiger charge is -2.39. The van der Waals surface area contributed by atoms with Crippen molar-refractivity contribution in [3.63, 3.8) is 0 Å². The van der Waals surface area contributed by atoms with Crippen molar-refractivity contribution >= 4 is 11.8 Å². The second kappa shape index (κ2) is 7.32. The quantitative estimate of drug-likeness (QED) is 0.877. The second-order valence-corrected chi connectivity index (χ2v) is 6.39. The number of carbonyl (C=O) groups is 2. The number of nitrogens with zero attached hydrogens (tertiary/aromatic N) is 2. The normalized spacial score (nSPS) is 24.8. The van der Waals surface area contributed by atoms with Gasteiger partial charge < -0.3 is 15.0 Å². The molecule has 6 nitrogen and oxygen atoms in total. The van der Waals surface area contributed by atoms with Crippen molar-refractivity contribution < 1.29 is 14.3 Å². The molecule has 0 radical (unpaired) electrons. The first-order valence-electron chi connectivity index (χ1n) is 8.57. The van der Waals surface area contributed by atoms with E-state index in [4.69, 9.17) is 4.74 Å². The lowest BCUT2D eigenvalue weighted by atomic mass is 9.89. The Bertz CT molecular complexity index is 576. The first kappa shape index (κ1) is 16.9. The van der Waals surface area contributed by atoms with Gasteiger partial charge >= 0.3 is 0 Å². The van der Waals surface area contributed by atoms with Crippen LogP contribution in [0.3, 0.4) is 0 Å². The zero-order valence-corrected chi connectivity index (χ0v) is 14.2. The van der Waals surface area contributed by atoms with E-state index in [1.807, 2.05) is 35.2 Å². The Kier molecular flexibility index (Phi) is 5.16. The molecule has 1 aromatic rings. The third kappa shape index (κ3) is 3.30. The van der Waals surface area contributed by atoms with Crippen LogP contribution in [0.2, 0.25) is 0 Å². The van der Waals surface area contributed by atoms with Crippen LogP contribution in [0.5, 0.6) is 0 Å². The molecule has 130 valence electrons. The number of nitrogens with one attached hydrogen (secondary N) is 1. The van der Waals surface area contributed by atoms with Crippen molar-refractivity contribution in [2.45, 2.75) is 18.4 Å². The highest BCUT2D eigenvalue weighted by Crippen LogP contribution is 2.38. The fourth-order valence-corrected chi connectivity index (χ4v) is 3.51. The van der Waals surface area contributed by atoms with Gasteiger partial charge in [-0.15, -0.1) is 0 Å². The van der Waals surface area contributed by atoms with Crippen LogP contribution >= 0.6 is 0 Å². The van der Waals surface area contributed by atoms with Crippen molar-refractivity contribution in [1.29, 1.82) is 0 Å². The number of hydrogen-bond donors (Lipinski definition) is 1. The summed E-state index contributed by atoms with van der Waals surface area (Å²) in [6.07, 6.45) is 1.63. The molecule has 1 unspecified atom stereocenters. The van der Waals surface area contributed by atoms with Crippen LogP contribution in [0.4, 0.5) is 0 Å². The minimum absolute atomic E-state index is 0.00894. The van der Waals surface area contributed by atoms with E-state index >= 15 is 0 Å². The number of amides is 2. The van der Waals surface area contributed by atoms with Gasteiger partial charge in [-0.2, -0.15) is 0 Å². The summed E-state index contributed by atoms with van der Waals surface area (Å²) in [5.74, 6) is 0.0699. The van der Waals surface area contributed by atoms with E-state index in [-0.39, 0.29) is 11.8 Å². The lowest BCUT2D eigenvalue weighted by Crippen LogP contribution is -2.55. The molecule has 2 heterocycles. The molecule has 0 saturated carbocycles. The number of rotatable bonds is 4. The van der Waals surface area contributed by atoms with E-state index in [2.05, 4.69) is 10.2 Å². The summed E-state index contributed by atoms with van der Waals surface area (Å²) in [7, 11) is 1.64. The maximum Gasteiger partial charge on any atom is 0.259 e. The molecule has 1 atom stereocenters. The maximum absolute atomic E-state index is 13.2. The molecule has 2 amide bonds. The van der Waals surface area contributed by atoms with Crippen LogP contribution in [0.1, 0.15) is 18.4 Å². The third-order valence-electron chi connectivity index (χ3n) is 4.91. The first-order valence-corrected chi connectivity index (χ1v) is 8.57. The molecule has 2 aliphatic rings. The van der Waals surface area contributed by atoms with Crippen molar-refractivity contribution in [3.8, 4) is 0 Å². The van der Waals surface area contributed by atoms with Crippen LogP contribution in [-0.2, 0) is 19.9 Å². The average Bonchev–Trinajstić information content (AvgIpc) is 3.13. The number of piperazine rings is 1. The summed E-state index contributed by atoms with van der Waals surface area (Å²) in [5.41, 5.74) is 0.116. The zero-order chi connectivity index (χ0) is 17.0. The molecule has 24 heavy (non-hydrogen) atoms. The summed E-state index contributed by atoms with van der Waals surface area (Å²) in [5, 5.41) is 2.64.